The maximum Gasteiger partial charge on any atom is 0.0704 e. The first-order valence-corrected chi connectivity index (χ1v) is 5.32. The summed E-state index contributed by atoms with van der Waals surface area (Å²) in [6.07, 6.45) is 3.15. The van der Waals surface area contributed by atoms with Gasteiger partial charge in [0.25, 0.3) is 0 Å². The van der Waals surface area contributed by atoms with Gasteiger partial charge in [-0.25, -0.2) is 0 Å². The highest BCUT2D eigenvalue weighted by Gasteiger charge is 1.99. The minimum Gasteiger partial charge on any atom is -0.379 e. The summed E-state index contributed by atoms with van der Waals surface area (Å²) in [5.41, 5.74) is 0. The lowest BCUT2D eigenvalue weighted by molar-refractivity contribution is 0.0133. The highest BCUT2D eigenvalue weighted by atomic mass is 16.5. The van der Waals surface area contributed by atoms with Crippen molar-refractivity contribution in [3.63, 3.8) is 0 Å². The van der Waals surface area contributed by atoms with Crippen molar-refractivity contribution in [2.45, 2.75) is 26.4 Å². The largest absolute Gasteiger partial charge is 0.379 e. The molecular formula is C11H23NO2. The van der Waals surface area contributed by atoms with Crippen molar-refractivity contribution in [2.24, 2.45) is 0 Å². The molecular weight excluding hydrogens is 178 g/mol. The van der Waals surface area contributed by atoms with E-state index in [1.165, 1.54) is 0 Å². The molecule has 0 aliphatic carbocycles. The molecule has 3 nitrogen and oxygen atoms in total. The molecule has 0 saturated carbocycles. The summed E-state index contributed by atoms with van der Waals surface area (Å²) in [6, 6.07) is 0. The van der Waals surface area contributed by atoms with Crippen LogP contribution in [0.3, 0.4) is 0 Å². The highest BCUT2D eigenvalue weighted by molar-refractivity contribution is 4.70. The maximum atomic E-state index is 5.51. The second-order valence-electron chi connectivity index (χ2n) is 3.24. The summed E-state index contributed by atoms with van der Waals surface area (Å²) in [7, 11) is 0. The number of rotatable bonds is 10. The van der Waals surface area contributed by atoms with Gasteiger partial charge in [-0.1, -0.05) is 13.0 Å². The third-order valence-corrected chi connectivity index (χ3v) is 1.70. The van der Waals surface area contributed by atoms with Crippen molar-refractivity contribution >= 4 is 0 Å². The summed E-state index contributed by atoms with van der Waals surface area (Å²) in [6.45, 7) is 11.7. The second-order valence-corrected chi connectivity index (χ2v) is 3.24. The van der Waals surface area contributed by atoms with E-state index >= 15 is 0 Å². The molecule has 0 aromatic carbocycles. The smallest absolute Gasteiger partial charge is 0.0704 e. The van der Waals surface area contributed by atoms with Crippen LogP contribution in [0.25, 0.3) is 0 Å². The first kappa shape index (κ1) is 13.6. The summed E-state index contributed by atoms with van der Waals surface area (Å²) in [5, 5.41) is 3.20. The molecule has 0 aliphatic rings. The van der Waals surface area contributed by atoms with Gasteiger partial charge in [0.15, 0.2) is 0 Å². The Labute approximate surface area is 87.5 Å². The molecule has 3 heteroatoms. The summed E-state index contributed by atoms with van der Waals surface area (Å²) in [5.74, 6) is 0. The Balaban J connectivity index is 3.09. The summed E-state index contributed by atoms with van der Waals surface area (Å²) < 4.78 is 10.8. The van der Waals surface area contributed by atoms with Gasteiger partial charge in [0.05, 0.1) is 19.3 Å². The third kappa shape index (κ3) is 9.71. The molecule has 0 heterocycles. The standard InChI is InChI=1S/C11H23NO2/c1-4-6-12-10-11(3)14-9-8-13-7-5-2/h4,11-12H,1,5-10H2,2-3H3. The molecule has 1 N–H and O–H groups in total. The van der Waals surface area contributed by atoms with Crippen molar-refractivity contribution in [3.8, 4) is 0 Å². The van der Waals surface area contributed by atoms with E-state index in [1.54, 1.807) is 0 Å². The quantitative estimate of drug-likeness (QED) is 0.430. The van der Waals surface area contributed by atoms with Crippen molar-refractivity contribution in [1.82, 2.24) is 5.32 Å². The average Bonchev–Trinajstić information content (AvgIpc) is 2.18. The van der Waals surface area contributed by atoms with Gasteiger partial charge < -0.3 is 14.8 Å². The van der Waals surface area contributed by atoms with E-state index in [2.05, 4.69) is 25.7 Å². The molecule has 0 aliphatic heterocycles. The molecule has 1 atom stereocenters. The van der Waals surface area contributed by atoms with Gasteiger partial charge in [0.1, 0.15) is 0 Å². The van der Waals surface area contributed by atoms with Crippen LogP contribution in [0.1, 0.15) is 20.3 Å². The summed E-state index contributed by atoms with van der Waals surface area (Å²) >= 11 is 0. The van der Waals surface area contributed by atoms with Crippen molar-refractivity contribution in [3.05, 3.63) is 12.7 Å². The molecule has 0 amide bonds. The molecule has 1 unspecified atom stereocenters. The molecule has 14 heavy (non-hydrogen) atoms. The van der Waals surface area contributed by atoms with Crippen LogP contribution in [0.2, 0.25) is 0 Å². The number of ether oxygens (including phenoxy) is 2. The second kappa shape index (κ2) is 10.7. The Bertz CT molecular complexity index is 128. The fourth-order valence-corrected chi connectivity index (χ4v) is 1.00. The van der Waals surface area contributed by atoms with E-state index < -0.39 is 0 Å². The van der Waals surface area contributed by atoms with Gasteiger partial charge in [-0.05, 0) is 13.3 Å². The van der Waals surface area contributed by atoms with Gasteiger partial charge in [-0.2, -0.15) is 0 Å². The van der Waals surface area contributed by atoms with Crippen molar-refractivity contribution in [1.29, 1.82) is 0 Å². The monoisotopic (exact) mass is 201 g/mol. The van der Waals surface area contributed by atoms with E-state index in [4.69, 9.17) is 9.47 Å². The highest BCUT2D eigenvalue weighted by Crippen LogP contribution is 1.89. The van der Waals surface area contributed by atoms with Crippen LogP contribution < -0.4 is 5.32 Å². The van der Waals surface area contributed by atoms with Crippen LogP contribution in [-0.4, -0.2) is 39.0 Å². The molecule has 0 saturated heterocycles. The molecule has 0 aromatic rings. The van der Waals surface area contributed by atoms with Crippen molar-refractivity contribution in [2.75, 3.05) is 32.9 Å². The zero-order valence-electron chi connectivity index (χ0n) is 9.42. The average molecular weight is 201 g/mol. The van der Waals surface area contributed by atoms with E-state index in [1.807, 2.05) is 6.08 Å². The Morgan fingerprint density at radius 2 is 2.14 bits per heavy atom. The van der Waals surface area contributed by atoms with Crippen molar-refractivity contribution < 1.29 is 9.47 Å². The van der Waals surface area contributed by atoms with Crippen LogP contribution >= 0.6 is 0 Å². The first-order valence-electron chi connectivity index (χ1n) is 5.32. The third-order valence-electron chi connectivity index (χ3n) is 1.70. The number of hydrogen-bond donors (Lipinski definition) is 1. The molecule has 0 radical (unpaired) electrons. The van der Waals surface area contributed by atoms with Gasteiger partial charge in [0, 0.05) is 19.7 Å². The Morgan fingerprint density at radius 1 is 1.36 bits per heavy atom. The minimum atomic E-state index is 0.236. The van der Waals surface area contributed by atoms with Gasteiger partial charge >= 0.3 is 0 Å². The fraction of sp³-hybridized carbons (Fsp3) is 0.818. The minimum absolute atomic E-state index is 0.236. The molecule has 0 fully saturated rings. The Hall–Kier alpha value is -0.380. The van der Waals surface area contributed by atoms with Gasteiger partial charge in [-0.3, -0.25) is 0 Å². The normalized spacial score (nSPS) is 12.7. The lowest BCUT2D eigenvalue weighted by Crippen LogP contribution is -2.27. The van der Waals surface area contributed by atoms with Crippen LogP contribution in [0.4, 0.5) is 0 Å². The predicted octanol–water partition coefficient (Wildman–Crippen LogP) is 1.59. The lowest BCUT2D eigenvalue weighted by Gasteiger charge is -2.13. The summed E-state index contributed by atoms with van der Waals surface area (Å²) in [4.78, 5) is 0. The number of nitrogens with one attached hydrogen (secondary N) is 1. The maximum absolute atomic E-state index is 5.51. The Morgan fingerprint density at radius 3 is 2.79 bits per heavy atom. The van der Waals surface area contributed by atoms with E-state index in [0.29, 0.717) is 13.2 Å². The first-order chi connectivity index (χ1) is 6.81. The SMILES string of the molecule is C=CCNCC(C)OCCOCCC. The molecule has 0 aromatic heterocycles. The zero-order valence-corrected chi connectivity index (χ0v) is 9.42. The zero-order chi connectivity index (χ0) is 10.6. The van der Waals surface area contributed by atoms with E-state index in [0.717, 1.165) is 26.1 Å². The van der Waals surface area contributed by atoms with Gasteiger partial charge in [0.2, 0.25) is 0 Å². The fourth-order valence-electron chi connectivity index (χ4n) is 1.00. The van der Waals surface area contributed by atoms with Crippen LogP contribution in [0.15, 0.2) is 12.7 Å². The topological polar surface area (TPSA) is 30.5 Å². The van der Waals surface area contributed by atoms with Gasteiger partial charge in [-0.15, -0.1) is 6.58 Å². The van der Waals surface area contributed by atoms with Crippen LogP contribution in [-0.2, 0) is 9.47 Å². The molecule has 84 valence electrons. The number of hydrogen-bond acceptors (Lipinski definition) is 3. The lowest BCUT2D eigenvalue weighted by atomic mass is 10.4. The van der Waals surface area contributed by atoms with E-state index in [-0.39, 0.29) is 6.10 Å². The van der Waals surface area contributed by atoms with Crippen LogP contribution in [0.5, 0.6) is 0 Å². The molecule has 0 rings (SSSR count). The molecule has 0 bridgehead atoms. The Kier molecular flexibility index (Phi) is 10.4. The van der Waals surface area contributed by atoms with E-state index in [9.17, 15) is 0 Å². The van der Waals surface area contributed by atoms with Crippen LogP contribution in [0, 0.1) is 0 Å². The predicted molar refractivity (Wildman–Crippen MR) is 59.6 cm³/mol. The molecule has 0 spiro atoms.